The molecule has 4 nitrogen and oxygen atoms in total. The van der Waals surface area contributed by atoms with Crippen LogP contribution in [-0.4, -0.2) is 21.4 Å². The summed E-state index contributed by atoms with van der Waals surface area (Å²) in [4.78, 5) is 0. The molecule has 116 valence electrons. The first-order valence-corrected chi connectivity index (χ1v) is 8.09. The first-order valence-electron chi connectivity index (χ1n) is 8.09. The van der Waals surface area contributed by atoms with Crippen molar-refractivity contribution in [3.8, 4) is 6.07 Å². The number of nitriles is 1. The Bertz CT molecular complexity index is 538. The second-order valence-electron chi connectivity index (χ2n) is 6.78. The summed E-state index contributed by atoms with van der Waals surface area (Å²) in [6, 6.07) is 2.93. The number of nitrogens with zero attached hydrogens (tertiary/aromatic N) is 3. The van der Waals surface area contributed by atoms with Gasteiger partial charge in [0.1, 0.15) is 5.54 Å². The van der Waals surface area contributed by atoms with Gasteiger partial charge in [-0.2, -0.15) is 10.4 Å². The molecule has 0 amide bonds. The largest absolute Gasteiger partial charge is 0.297 e. The van der Waals surface area contributed by atoms with Gasteiger partial charge in [0.05, 0.1) is 11.8 Å². The number of rotatable bonds is 5. The van der Waals surface area contributed by atoms with Gasteiger partial charge in [-0.1, -0.05) is 6.42 Å². The molecule has 1 saturated carbocycles. The quantitative estimate of drug-likeness (QED) is 0.904. The highest BCUT2D eigenvalue weighted by Crippen LogP contribution is 2.38. The molecule has 0 aromatic carbocycles. The van der Waals surface area contributed by atoms with Gasteiger partial charge in [0.25, 0.3) is 0 Å². The lowest BCUT2D eigenvalue weighted by Crippen LogP contribution is -2.50. The molecule has 1 aromatic heterocycles. The number of nitrogens with one attached hydrogen (secondary N) is 1. The maximum atomic E-state index is 9.70. The summed E-state index contributed by atoms with van der Waals surface area (Å²) in [5, 5.41) is 17.9. The molecular formula is C17H28N4. The summed E-state index contributed by atoms with van der Waals surface area (Å²) < 4.78 is 2.11. The van der Waals surface area contributed by atoms with Crippen molar-refractivity contribution < 1.29 is 0 Å². The zero-order valence-corrected chi connectivity index (χ0v) is 14.0. The SMILES string of the molecule is Cc1nn(CCC2CCCC2(C#N)NC(C)C)c(C)c1C. The van der Waals surface area contributed by atoms with Gasteiger partial charge in [-0.25, -0.2) is 0 Å². The van der Waals surface area contributed by atoms with Crippen molar-refractivity contribution in [3.63, 3.8) is 0 Å². The lowest BCUT2D eigenvalue weighted by molar-refractivity contribution is 0.268. The van der Waals surface area contributed by atoms with Gasteiger partial charge in [-0.15, -0.1) is 0 Å². The van der Waals surface area contributed by atoms with Crippen LogP contribution in [0.2, 0.25) is 0 Å². The van der Waals surface area contributed by atoms with E-state index in [0.717, 1.165) is 37.9 Å². The van der Waals surface area contributed by atoms with Gasteiger partial charge in [0.15, 0.2) is 0 Å². The van der Waals surface area contributed by atoms with Crippen LogP contribution >= 0.6 is 0 Å². The molecule has 1 N–H and O–H groups in total. The van der Waals surface area contributed by atoms with Crippen molar-refractivity contribution in [2.75, 3.05) is 0 Å². The number of hydrogen-bond acceptors (Lipinski definition) is 3. The Morgan fingerprint density at radius 2 is 2.14 bits per heavy atom. The van der Waals surface area contributed by atoms with Crippen molar-refractivity contribution in [1.82, 2.24) is 15.1 Å². The van der Waals surface area contributed by atoms with Crippen LogP contribution in [0.3, 0.4) is 0 Å². The average molecular weight is 288 g/mol. The van der Waals surface area contributed by atoms with Crippen LogP contribution in [0.25, 0.3) is 0 Å². The smallest absolute Gasteiger partial charge is 0.109 e. The monoisotopic (exact) mass is 288 g/mol. The lowest BCUT2D eigenvalue weighted by atomic mass is 9.85. The van der Waals surface area contributed by atoms with Crippen molar-refractivity contribution in [3.05, 3.63) is 17.0 Å². The highest BCUT2D eigenvalue weighted by molar-refractivity contribution is 5.22. The second-order valence-corrected chi connectivity index (χ2v) is 6.78. The predicted molar refractivity (Wildman–Crippen MR) is 85.0 cm³/mol. The van der Waals surface area contributed by atoms with Crippen LogP contribution in [0.4, 0.5) is 0 Å². The topological polar surface area (TPSA) is 53.6 Å². The summed E-state index contributed by atoms with van der Waals surface area (Å²) in [5.74, 6) is 0.425. The molecule has 1 aliphatic rings. The van der Waals surface area contributed by atoms with E-state index in [1.807, 2.05) is 0 Å². The molecular weight excluding hydrogens is 260 g/mol. The summed E-state index contributed by atoms with van der Waals surface area (Å²) >= 11 is 0. The van der Waals surface area contributed by atoms with E-state index < -0.39 is 0 Å². The molecule has 4 heteroatoms. The van der Waals surface area contributed by atoms with E-state index in [-0.39, 0.29) is 5.54 Å². The van der Waals surface area contributed by atoms with Crippen molar-refractivity contribution in [1.29, 1.82) is 5.26 Å². The zero-order chi connectivity index (χ0) is 15.6. The number of aromatic nitrogens is 2. The molecule has 0 spiro atoms. The Morgan fingerprint density at radius 1 is 1.43 bits per heavy atom. The van der Waals surface area contributed by atoms with Crippen molar-refractivity contribution >= 4 is 0 Å². The summed E-state index contributed by atoms with van der Waals surface area (Å²) in [5.41, 5.74) is 3.32. The molecule has 21 heavy (non-hydrogen) atoms. The van der Waals surface area contributed by atoms with E-state index in [0.29, 0.717) is 12.0 Å². The third kappa shape index (κ3) is 3.13. The maximum Gasteiger partial charge on any atom is 0.109 e. The normalized spacial score (nSPS) is 25.5. The number of hydrogen-bond donors (Lipinski definition) is 1. The maximum absolute atomic E-state index is 9.70. The summed E-state index contributed by atoms with van der Waals surface area (Å²) in [6.45, 7) is 11.5. The lowest BCUT2D eigenvalue weighted by Gasteiger charge is -2.32. The van der Waals surface area contributed by atoms with E-state index in [4.69, 9.17) is 0 Å². The van der Waals surface area contributed by atoms with Crippen molar-refractivity contribution in [2.24, 2.45) is 5.92 Å². The third-order valence-electron chi connectivity index (χ3n) is 5.00. The van der Waals surface area contributed by atoms with Gasteiger partial charge in [0, 0.05) is 18.3 Å². The van der Waals surface area contributed by atoms with Crippen LogP contribution < -0.4 is 5.32 Å². The molecule has 2 rings (SSSR count). The fourth-order valence-corrected chi connectivity index (χ4v) is 3.64. The minimum atomic E-state index is -0.334. The fourth-order valence-electron chi connectivity index (χ4n) is 3.64. The standard InChI is InChI=1S/C17H28N4/c1-12(2)19-17(11-18)9-6-7-16(17)8-10-21-15(5)13(3)14(4)20-21/h12,16,19H,6-10H2,1-5H3. The summed E-state index contributed by atoms with van der Waals surface area (Å²) in [6.07, 6.45) is 4.29. The van der Waals surface area contributed by atoms with E-state index >= 15 is 0 Å². The highest BCUT2D eigenvalue weighted by atomic mass is 15.3. The molecule has 1 aromatic rings. The Kier molecular flexibility index (Phi) is 4.73. The van der Waals surface area contributed by atoms with Crippen LogP contribution in [0.1, 0.15) is 56.5 Å². The Balaban J connectivity index is 2.08. The van der Waals surface area contributed by atoms with Crippen LogP contribution in [0.15, 0.2) is 0 Å². The van der Waals surface area contributed by atoms with Crippen molar-refractivity contribution in [2.45, 2.75) is 78.4 Å². The second kappa shape index (κ2) is 6.19. The van der Waals surface area contributed by atoms with E-state index in [9.17, 15) is 5.26 Å². The third-order valence-corrected chi connectivity index (χ3v) is 5.00. The predicted octanol–water partition coefficient (Wildman–Crippen LogP) is 3.26. The van der Waals surface area contributed by atoms with Crippen LogP contribution in [0, 0.1) is 38.0 Å². The molecule has 1 heterocycles. The summed E-state index contributed by atoms with van der Waals surface area (Å²) in [7, 11) is 0. The number of aryl methyl sites for hydroxylation is 2. The van der Waals surface area contributed by atoms with Gasteiger partial charge < -0.3 is 0 Å². The Hall–Kier alpha value is -1.34. The minimum absolute atomic E-state index is 0.334. The van der Waals surface area contributed by atoms with E-state index in [1.54, 1.807) is 0 Å². The first kappa shape index (κ1) is 16.0. The van der Waals surface area contributed by atoms with Crippen LogP contribution in [-0.2, 0) is 6.54 Å². The minimum Gasteiger partial charge on any atom is -0.297 e. The van der Waals surface area contributed by atoms with Gasteiger partial charge in [-0.3, -0.25) is 10.00 Å². The molecule has 2 atom stereocenters. The Labute approximate surface area is 128 Å². The molecule has 1 fully saturated rings. The molecule has 2 unspecified atom stereocenters. The zero-order valence-electron chi connectivity index (χ0n) is 14.0. The van der Waals surface area contributed by atoms with Crippen LogP contribution in [0.5, 0.6) is 0 Å². The average Bonchev–Trinajstić information content (AvgIpc) is 2.93. The first-order chi connectivity index (χ1) is 9.89. The van der Waals surface area contributed by atoms with E-state index in [2.05, 4.69) is 55.8 Å². The van der Waals surface area contributed by atoms with E-state index in [1.165, 1.54) is 11.3 Å². The van der Waals surface area contributed by atoms with Gasteiger partial charge in [-0.05, 0) is 65.4 Å². The molecule has 0 saturated heterocycles. The fraction of sp³-hybridized carbons (Fsp3) is 0.765. The van der Waals surface area contributed by atoms with Gasteiger partial charge >= 0.3 is 0 Å². The molecule has 0 radical (unpaired) electrons. The molecule has 0 aliphatic heterocycles. The molecule has 0 bridgehead atoms. The van der Waals surface area contributed by atoms with Gasteiger partial charge in [0.2, 0.25) is 0 Å². The molecule has 1 aliphatic carbocycles. The highest BCUT2D eigenvalue weighted by Gasteiger charge is 2.43. The Morgan fingerprint density at radius 3 is 2.67 bits per heavy atom.